The highest BCUT2D eigenvalue weighted by Crippen LogP contribution is 2.15. The van der Waals surface area contributed by atoms with Gasteiger partial charge in [-0.3, -0.25) is 5.43 Å². The molecule has 0 unspecified atom stereocenters. The maximum absolute atomic E-state index is 11.6. The van der Waals surface area contributed by atoms with Crippen LogP contribution in [0, 0.1) is 0 Å². The largest absolute Gasteiger partial charge is 0.430 e. The number of halogens is 3. The van der Waals surface area contributed by atoms with Gasteiger partial charge < -0.3 is 5.73 Å². The lowest BCUT2D eigenvalue weighted by molar-refractivity contribution is -0.0595. The molecule has 0 aliphatic rings. The molecule has 0 saturated carbocycles. The molecule has 3 N–H and O–H groups in total. The summed E-state index contributed by atoms with van der Waals surface area (Å²) in [6.07, 6.45) is -4.43. The van der Waals surface area contributed by atoms with Crippen molar-refractivity contribution in [1.29, 1.82) is 0 Å². The zero-order valence-corrected chi connectivity index (χ0v) is 6.38. The van der Waals surface area contributed by atoms with E-state index in [2.05, 4.69) is 17.3 Å². The van der Waals surface area contributed by atoms with Crippen LogP contribution in [0.4, 0.5) is 13.2 Å². The van der Waals surface area contributed by atoms with Crippen molar-refractivity contribution in [3.05, 3.63) is 0 Å². The first kappa shape index (κ1) is 10.2. The summed E-state index contributed by atoms with van der Waals surface area (Å²) in [4.78, 5) is 0. The van der Waals surface area contributed by atoms with Crippen LogP contribution in [0.5, 0.6) is 0 Å². The molecule has 0 fully saturated rings. The topological polar surface area (TPSA) is 50.4 Å². The van der Waals surface area contributed by atoms with Crippen molar-refractivity contribution in [2.75, 3.05) is 0 Å². The third kappa shape index (κ3) is 4.54. The Bertz CT molecular complexity index is 186. The Morgan fingerprint density at radius 1 is 1.55 bits per heavy atom. The number of hydrogen-bond acceptors (Lipinski definition) is 2. The van der Waals surface area contributed by atoms with Crippen molar-refractivity contribution in [2.45, 2.75) is 13.1 Å². The molecule has 0 saturated heterocycles. The predicted octanol–water partition coefficient (Wildman–Crippen LogP) is 0.758. The van der Waals surface area contributed by atoms with Crippen molar-refractivity contribution >= 4 is 23.0 Å². The Morgan fingerprint density at radius 3 is 2.27 bits per heavy atom. The van der Waals surface area contributed by atoms with E-state index in [0.29, 0.717) is 0 Å². The first-order chi connectivity index (χ1) is 4.84. The first-order valence-corrected chi connectivity index (χ1v) is 2.92. The Hall–Kier alpha value is -0.850. The van der Waals surface area contributed by atoms with Crippen molar-refractivity contribution in [3.63, 3.8) is 0 Å². The van der Waals surface area contributed by atoms with Crippen LogP contribution in [0.2, 0.25) is 0 Å². The maximum atomic E-state index is 11.6. The molecule has 11 heavy (non-hydrogen) atoms. The van der Waals surface area contributed by atoms with Gasteiger partial charge in [-0.25, -0.2) is 0 Å². The Kier molecular flexibility index (Phi) is 3.24. The molecule has 64 valence electrons. The SMILES string of the molecule is C/C(=N/NC(N)=S)C(F)(F)F. The zero-order chi connectivity index (χ0) is 9.07. The van der Waals surface area contributed by atoms with Gasteiger partial charge in [0.05, 0.1) is 0 Å². The van der Waals surface area contributed by atoms with Gasteiger partial charge in [0.25, 0.3) is 0 Å². The number of hydrazone groups is 1. The first-order valence-electron chi connectivity index (χ1n) is 2.51. The summed E-state index contributed by atoms with van der Waals surface area (Å²) in [6.45, 7) is 0.811. The van der Waals surface area contributed by atoms with Gasteiger partial charge in [-0.2, -0.15) is 18.3 Å². The van der Waals surface area contributed by atoms with Gasteiger partial charge in [0.1, 0.15) is 5.71 Å². The number of nitrogens with two attached hydrogens (primary N) is 1. The third-order valence-electron chi connectivity index (χ3n) is 0.744. The predicted molar refractivity (Wildman–Crippen MR) is 39.1 cm³/mol. The van der Waals surface area contributed by atoms with Crippen molar-refractivity contribution < 1.29 is 13.2 Å². The highest BCUT2D eigenvalue weighted by atomic mass is 32.1. The standard InChI is InChI=1S/C4H6F3N3S/c1-2(4(5,6)7)9-10-3(8)11/h1H3,(H3,8,10,11)/b9-2-. The molecule has 3 nitrogen and oxygen atoms in total. The second kappa shape index (κ2) is 3.51. The molecule has 0 aromatic carbocycles. The van der Waals surface area contributed by atoms with Gasteiger partial charge >= 0.3 is 6.18 Å². The number of nitrogens with zero attached hydrogens (tertiary/aromatic N) is 1. The molecule has 0 heterocycles. The molecule has 0 bridgehead atoms. The Labute approximate surface area is 66.4 Å². The van der Waals surface area contributed by atoms with E-state index in [0.717, 1.165) is 6.92 Å². The molecule has 0 aliphatic carbocycles. The molecule has 7 heteroatoms. The summed E-state index contributed by atoms with van der Waals surface area (Å²) in [6, 6.07) is 0. The number of hydrogen-bond donors (Lipinski definition) is 2. The lowest BCUT2D eigenvalue weighted by Gasteiger charge is -2.04. The molecule has 0 radical (unpaired) electrons. The van der Waals surface area contributed by atoms with Gasteiger partial charge in [-0.15, -0.1) is 0 Å². The van der Waals surface area contributed by atoms with Gasteiger partial charge in [0, 0.05) is 0 Å². The van der Waals surface area contributed by atoms with Crippen LogP contribution in [0.1, 0.15) is 6.92 Å². The highest BCUT2D eigenvalue weighted by Gasteiger charge is 2.32. The minimum absolute atomic E-state index is 0.298. The maximum Gasteiger partial charge on any atom is 0.430 e. The van der Waals surface area contributed by atoms with Crippen molar-refractivity contribution in [2.24, 2.45) is 10.8 Å². The van der Waals surface area contributed by atoms with E-state index in [1.807, 2.05) is 5.43 Å². The number of rotatable bonds is 1. The smallest absolute Gasteiger partial charge is 0.375 e. The van der Waals surface area contributed by atoms with Crippen LogP contribution in [0.25, 0.3) is 0 Å². The quantitative estimate of drug-likeness (QED) is 0.360. The summed E-state index contributed by atoms with van der Waals surface area (Å²) in [5.41, 5.74) is 5.64. The summed E-state index contributed by atoms with van der Waals surface area (Å²) >= 11 is 4.23. The molecular weight excluding hydrogens is 179 g/mol. The number of alkyl halides is 3. The van der Waals surface area contributed by atoms with E-state index in [-0.39, 0.29) is 5.11 Å². The van der Waals surface area contributed by atoms with Gasteiger partial charge in [0.15, 0.2) is 5.11 Å². The Morgan fingerprint density at radius 2 is 2.00 bits per heavy atom. The lowest BCUT2D eigenvalue weighted by atomic mass is 10.4. The van der Waals surface area contributed by atoms with E-state index < -0.39 is 11.9 Å². The number of thiocarbonyl (C=S) groups is 1. The van der Waals surface area contributed by atoms with Crippen LogP contribution >= 0.6 is 12.2 Å². The van der Waals surface area contributed by atoms with Gasteiger partial charge in [0.2, 0.25) is 0 Å². The van der Waals surface area contributed by atoms with Crippen LogP contribution in [0.3, 0.4) is 0 Å². The molecule has 0 rings (SSSR count). The third-order valence-corrected chi connectivity index (χ3v) is 0.835. The monoisotopic (exact) mass is 185 g/mol. The normalized spacial score (nSPS) is 12.9. The van der Waals surface area contributed by atoms with E-state index in [4.69, 9.17) is 5.73 Å². The minimum atomic E-state index is -4.43. The van der Waals surface area contributed by atoms with Crippen LogP contribution < -0.4 is 11.2 Å². The molecule has 0 aromatic rings. The fourth-order valence-electron chi connectivity index (χ4n) is 0.202. The van der Waals surface area contributed by atoms with Crippen molar-refractivity contribution in [3.8, 4) is 0 Å². The summed E-state index contributed by atoms with van der Waals surface area (Å²) in [5, 5.41) is 2.57. The fourth-order valence-corrected chi connectivity index (χ4v) is 0.248. The lowest BCUT2D eigenvalue weighted by Crippen LogP contribution is -2.29. The summed E-state index contributed by atoms with van der Waals surface area (Å²) in [7, 11) is 0. The highest BCUT2D eigenvalue weighted by molar-refractivity contribution is 7.80. The van der Waals surface area contributed by atoms with Crippen LogP contribution in [-0.2, 0) is 0 Å². The van der Waals surface area contributed by atoms with Gasteiger partial charge in [-0.05, 0) is 19.1 Å². The summed E-state index contributed by atoms with van der Waals surface area (Å²) in [5.74, 6) is 0. The average molecular weight is 185 g/mol. The van der Waals surface area contributed by atoms with Crippen LogP contribution in [-0.4, -0.2) is 17.0 Å². The number of nitrogens with one attached hydrogen (secondary N) is 1. The van der Waals surface area contributed by atoms with E-state index in [9.17, 15) is 13.2 Å². The molecule has 0 aliphatic heterocycles. The average Bonchev–Trinajstić information content (AvgIpc) is 1.80. The minimum Gasteiger partial charge on any atom is -0.375 e. The van der Waals surface area contributed by atoms with E-state index >= 15 is 0 Å². The summed E-state index contributed by atoms with van der Waals surface area (Å²) < 4.78 is 34.9. The van der Waals surface area contributed by atoms with Gasteiger partial charge in [-0.1, -0.05) is 0 Å². The van der Waals surface area contributed by atoms with Crippen LogP contribution in [0.15, 0.2) is 5.10 Å². The zero-order valence-electron chi connectivity index (χ0n) is 5.57. The molecule has 0 spiro atoms. The second-order valence-electron chi connectivity index (χ2n) is 1.67. The van der Waals surface area contributed by atoms with Crippen molar-refractivity contribution in [1.82, 2.24) is 5.43 Å². The molecule has 0 amide bonds. The Balaban J connectivity index is 4.12. The molecule has 0 aromatic heterocycles. The molecular formula is C4H6F3N3S. The second-order valence-corrected chi connectivity index (χ2v) is 2.11. The molecule has 0 atom stereocenters. The fraction of sp³-hybridized carbons (Fsp3) is 0.500. The van der Waals surface area contributed by atoms with E-state index in [1.54, 1.807) is 0 Å². The van der Waals surface area contributed by atoms with E-state index in [1.165, 1.54) is 0 Å².